The number of carboxylic acids is 1. The van der Waals surface area contributed by atoms with Crippen LogP contribution in [0, 0.1) is 13.8 Å². The molecular weight excluding hydrogens is 308 g/mol. The van der Waals surface area contributed by atoms with E-state index >= 15 is 0 Å². The van der Waals surface area contributed by atoms with E-state index < -0.39 is 5.97 Å². The van der Waals surface area contributed by atoms with Gasteiger partial charge in [-0.05, 0) is 19.9 Å². The summed E-state index contributed by atoms with van der Waals surface area (Å²) in [6.45, 7) is 4.08. The van der Waals surface area contributed by atoms with E-state index in [1.54, 1.807) is 0 Å². The maximum absolute atomic E-state index is 10.8. The van der Waals surface area contributed by atoms with Gasteiger partial charge in [0.25, 0.3) is 0 Å². The van der Waals surface area contributed by atoms with Crippen LogP contribution in [-0.2, 0) is 6.61 Å². The fourth-order valence-electron chi connectivity index (χ4n) is 2.24. The first-order valence-electron chi connectivity index (χ1n) is 7.39. The second kappa shape index (κ2) is 6.54. The molecule has 0 fully saturated rings. The predicted molar refractivity (Wildman–Crippen MR) is 86.9 cm³/mol. The fraction of sp³-hybridized carbons (Fsp3) is 0.167. The minimum Gasteiger partial charge on any atom is -0.478 e. The molecule has 24 heavy (non-hydrogen) atoms. The third-order valence-corrected chi connectivity index (χ3v) is 3.66. The molecule has 0 aliphatic rings. The van der Waals surface area contributed by atoms with Crippen molar-refractivity contribution in [3.05, 3.63) is 65.0 Å². The number of hydrogen-bond donors (Lipinski definition) is 1. The molecule has 2 heterocycles. The Kier molecular flexibility index (Phi) is 4.29. The normalized spacial score (nSPS) is 10.6. The average Bonchev–Trinajstić information content (AvgIpc) is 2.95. The minimum absolute atomic E-state index is 0.115. The Labute approximate surface area is 138 Å². The van der Waals surface area contributed by atoms with Crippen molar-refractivity contribution in [2.45, 2.75) is 20.5 Å². The number of rotatable bonds is 5. The van der Waals surface area contributed by atoms with Crippen molar-refractivity contribution in [3.8, 4) is 17.1 Å². The van der Waals surface area contributed by atoms with Crippen LogP contribution in [-0.4, -0.2) is 21.2 Å². The number of carbonyl (C=O) groups is 1. The van der Waals surface area contributed by atoms with E-state index in [9.17, 15) is 4.79 Å². The number of carboxylic acid groups (broad SMARTS) is 1. The van der Waals surface area contributed by atoms with Gasteiger partial charge in [-0.2, -0.15) is 0 Å². The maximum atomic E-state index is 10.8. The monoisotopic (exact) mass is 324 g/mol. The standard InChI is InChI=1S/C18H16N2O4/c1-11-3-5-13(6-4-11)17-15(12(2)24-20-17)10-23-16-8-7-14(9-19-16)18(21)22/h3-9H,10H2,1-2H3,(H,21,22). The van der Waals surface area contributed by atoms with Crippen molar-refractivity contribution in [2.75, 3.05) is 0 Å². The maximum Gasteiger partial charge on any atom is 0.337 e. The van der Waals surface area contributed by atoms with Crippen LogP contribution in [0.2, 0.25) is 0 Å². The summed E-state index contributed by atoms with van der Waals surface area (Å²) in [5.74, 6) is -0.00577. The van der Waals surface area contributed by atoms with E-state index in [4.69, 9.17) is 14.4 Å². The lowest BCUT2D eigenvalue weighted by atomic mass is 10.1. The zero-order chi connectivity index (χ0) is 17.1. The van der Waals surface area contributed by atoms with Gasteiger partial charge in [0.1, 0.15) is 18.1 Å². The summed E-state index contributed by atoms with van der Waals surface area (Å²) in [6, 6.07) is 11.0. The summed E-state index contributed by atoms with van der Waals surface area (Å²) in [5.41, 5.74) is 3.80. The number of aryl methyl sites for hydroxylation is 2. The molecule has 122 valence electrons. The number of benzene rings is 1. The largest absolute Gasteiger partial charge is 0.478 e. The lowest BCUT2D eigenvalue weighted by molar-refractivity contribution is 0.0696. The first-order valence-corrected chi connectivity index (χ1v) is 7.39. The zero-order valence-electron chi connectivity index (χ0n) is 13.3. The van der Waals surface area contributed by atoms with Gasteiger partial charge in [-0.25, -0.2) is 9.78 Å². The van der Waals surface area contributed by atoms with Crippen LogP contribution < -0.4 is 4.74 Å². The summed E-state index contributed by atoms with van der Waals surface area (Å²) < 4.78 is 10.9. The molecule has 3 rings (SSSR count). The summed E-state index contributed by atoms with van der Waals surface area (Å²) >= 11 is 0. The Hall–Kier alpha value is -3.15. The molecule has 0 aliphatic carbocycles. The van der Waals surface area contributed by atoms with Gasteiger partial charge in [0.05, 0.1) is 11.1 Å². The Morgan fingerprint density at radius 1 is 1.17 bits per heavy atom. The molecule has 0 atom stereocenters. The lowest BCUT2D eigenvalue weighted by Crippen LogP contribution is -2.01. The van der Waals surface area contributed by atoms with Gasteiger partial charge in [-0.3, -0.25) is 0 Å². The van der Waals surface area contributed by atoms with Gasteiger partial charge in [0.2, 0.25) is 5.88 Å². The van der Waals surface area contributed by atoms with Crippen molar-refractivity contribution >= 4 is 5.97 Å². The first-order chi connectivity index (χ1) is 11.5. The van der Waals surface area contributed by atoms with Crippen LogP contribution in [0.1, 0.15) is 27.2 Å². The number of nitrogens with zero attached hydrogens (tertiary/aromatic N) is 2. The first kappa shape index (κ1) is 15.7. The van der Waals surface area contributed by atoms with Gasteiger partial charge in [0.15, 0.2) is 0 Å². The molecule has 1 N–H and O–H groups in total. The Morgan fingerprint density at radius 3 is 2.54 bits per heavy atom. The Balaban J connectivity index is 1.79. The van der Waals surface area contributed by atoms with Gasteiger partial charge >= 0.3 is 5.97 Å². The molecule has 0 aliphatic heterocycles. The average molecular weight is 324 g/mol. The van der Waals surface area contributed by atoms with Crippen LogP contribution in [0.3, 0.4) is 0 Å². The van der Waals surface area contributed by atoms with Crippen LogP contribution in [0.4, 0.5) is 0 Å². The van der Waals surface area contributed by atoms with Crippen LogP contribution in [0.5, 0.6) is 5.88 Å². The Morgan fingerprint density at radius 2 is 1.92 bits per heavy atom. The number of pyridine rings is 1. The van der Waals surface area contributed by atoms with Gasteiger partial charge < -0.3 is 14.4 Å². The van der Waals surface area contributed by atoms with Crippen LogP contribution in [0.15, 0.2) is 47.1 Å². The van der Waals surface area contributed by atoms with Crippen molar-refractivity contribution in [2.24, 2.45) is 0 Å². The quantitative estimate of drug-likeness (QED) is 0.771. The van der Waals surface area contributed by atoms with Crippen LogP contribution in [0.25, 0.3) is 11.3 Å². The summed E-state index contributed by atoms with van der Waals surface area (Å²) in [5, 5.41) is 13.0. The molecule has 6 heteroatoms. The lowest BCUT2D eigenvalue weighted by Gasteiger charge is -2.06. The minimum atomic E-state index is -1.02. The van der Waals surface area contributed by atoms with Gasteiger partial charge in [-0.15, -0.1) is 0 Å². The van der Waals surface area contributed by atoms with E-state index in [2.05, 4.69) is 10.1 Å². The van der Waals surface area contributed by atoms with E-state index in [0.29, 0.717) is 11.6 Å². The van der Waals surface area contributed by atoms with E-state index in [0.717, 1.165) is 16.8 Å². The molecule has 3 aromatic rings. The highest BCUT2D eigenvalue weighted by atomic mass is 16.5. The summed E-state index contributed by atoms with van der Waals surface area (Å²) in [6.07, 6.45) is 1.26. The third kappa shape index (κ3) is 3.27. The highest BCUT2D eigenvalue weighted by Gasteiger charge is 2.15. The molecule has 0 amide bonds. The summed E-state index contributed by atoms with van der Waals surface area (Å²) in [7, 11) is 0. The predicted octanol–water partition coefficient (Wildman–Crippen LogP) is 3.63. The van der Waals surface area contributed by atoms with Crippen molar-refractivity contribution < 1.29 is 19.2 Å². The highest BCUT2D eigenvalue weighted by Crippen LogP contribution is 2.26. The topological polar surface area (TPSA) is 85.5 Å². The number of aromatic carboxylic acids is 1. The smallest absolute Gasteiger partial charge is 0.337 e. The molecule has 0 unspecified atom stereocenters. The fourth-order valence-corrected chi connectivity index (χ4v) is 2.24. The zero-order valence-corrected chi connectivity index (χ0v) is 13.3. The second-order valence-corrected chi connectivity index (χ2v) is 5.41. The molecular formula is C18H16N2O4. The molecule has 1 aromatic carbocycles. The molecule has 0 spiro atoms. The summed E-state index contributed by atoms with van der Waals surface area (Å²) in [4.78, 5) is 14.8. The van der Waals surface area contributed by atoms with Crippen molar-refractivity contribution in [3.63, 3.8) is 0 Å². The van der Waals surface area contributed by atoms with Crippen molar-refractivity contribution in [1.82, 2.24) is 10.1 Å². The molecule has 2 aromatic heterocycles. The molecule has 6 nitrogen and oxygen atoms in total. The third-order valence-electron chi connectivity index (χ3n) is 3.66. The van der Waals surface area contributed by atoms with E-state index in [-0.39, 0.29) is 12.2 Å². The second-order valence-electron chi connectivity index (χ2n) is 5.41. The molecule has 0 saturated carbocycles. The Bertz CT molecular complexity index is 852. The molecule has 0 radical (unpaired) electrons. The van der Waals surface area contributed by atoms with Gasteiger partial charge in [-0.1, -0.05) is 35.0 Å². The van der Waals surface area contributed by atoms with Crippen molar-refractivity contribution in [1.29, 1.82) is 0 Å². The van der Waals surface area contributed by atoms with E-state index in [1.165, 1.54) is 23.9 Å². The van der Waals surface area contributed by atoms with E-state index in [1.807, 2.05) is 38.1 Å². The highest BCUT2D eigenvalue weighted by molar-refractivity contribution is 5.87. The number of ether oxygens (including phenoxy) is 1. The number of hydrogen-bond acceptors (Lipinski definition) is 5. The van der Waals surface area contributed by atoms with Crippen LogP contribution >= 0.6 is 0 Å². The molecule has 0 saturated heterocycles. The SMILES string of the molecule is Cc1ccc(-c2noc(C)c2COc2ccc(C(=O)O)cn2)cc1. The van der Waals surface area contributed by atoms with Gasteiger partial charge in [0, 0.05) is 17.8 Å². The number of aromatic nitrogens is 2. The molecule has 0 bridgehead atoms.